The van der Waals surface area contributed by atoms with E-state index >= 15 is 0 Å². The predicted molar refractivity (Wildman–Crippen MR) is 224 cm³/mol. The van der Waals surface area contributed by atoms with E-state index in [2.05, 4.69) is 20.5 Å². The molecular weight excluding hydrogens is 759 g/mol. The maximum atomic E-state index is 13.6. The first-order valence-electron chi connectivity index (χ1n) is 19.5. The molecule has 312 valence electrons. The van der Waals surface area contributed by atoms with E-state index in [0.29, 0.717) is 124 Å². The van der Waals surface area contributed by atoms with Gasteiger partial charge in [0.2, 0.25) is 5.88 Å². The third-order valence-electron chi connectivity index (χ3n) is 9.39. The van der Waals surface area contributed by atoms with Crippen LogP contribution in [0.15, 0.2) is 79.0 Å². The third-order valence-corrected chi connectivity index (χ3v) is 9.39. The number of amides is 2. The zero-order valence-electron chi connectivity index (χ0n) is 33.9. The zero-order valence-corrected chi connectivity index (χ0v) is 33.9. The lowest BCUT2D eigenvalue weighted by atomic mass is 10.0. The van der Waals surface area contributed by atoms with E-state index in [1.807, 2.05) is 54.6 Å². The van der Waals surface area contributed by atoms with Gasteiger partial charge in [0.15, 0.2) is 11.5 Å². The summed E-state index contributed by atoms with van der Waals surface area (Å²) in [5, 5.41) is 7.40. The normalized spacial score (nSPS) is 12.6. The van der Waals surface area contributed by atoms with Crippen molar-refractivity contribution in [1.82, 2.24) is 9.97 Å². The van der Waals surface area contributed by atoms with E-state index in [1.165, 1.54) is 7.11 Å². The van der Waals surface area contributed by atoms with Crippen molar-refractivity contribution in [3.63, 3.8) is 0 Å². The minimum absolute atomic E-state index is 0.0911. The first kappa shape index (κ1) is 42.6. The minimum atomic E-state index is -0.504. The number of aromatic nitrogens is 2. The number of ketones is 1. The molecule has 1 fully saturated rings. The molecule has 6 rings (SSSR count). The largest absolute Gasteiger partial charge is 0.497 e. The number of nitrogens with zero attached hydrogens (tertiary/aromatic N) is 3. The molecule has 1 aromatic heterocycles. The van der Waals surface area contributed by atoms with Crippen molar-refractivity contribution in [2.45, 2.75) is 19.8 Å². The summed E-state index contributed by atoms with van der Waals surface area (Å²) in [5.74, 6) is 2.92. The first-order valence-corrected chi connectivity index (χ1v) is 19.5. The molecule has 1 aliphatic heterocycles. The van der Waals surface area contributed by atoms with Crippen molar-refractivity contribution in [3.05, 3.63) is 95.9 Å². The lowest BCUT2D eigenvalue weighted by molar-refractivity contribution is 0.0179. The van der Waals surface area contributed by atoms with Gasteiger partial charge in [0.05, 0.1) is 77.4 Å². The summed E-state index contributed by atoms with van der Waals surface area (Å²) in [6, 6.07) is 21.6. The number of methoxy groups -OCH3 is 3. The number of nitrogens with one attached hydrogen (secondary N) is 2. The molecule has 1 saturated heterocycles. The van der Waals surface area contributed by atoms with E-state index < -0.39 is 6.03 Å². The van der Waals surface area contributed by atoms with Gasteiger partial charge in [0.25, 0.3) is 0 Å². The Bertz CT molecular complexity index is 2180. The molecule has 59 heavy (non-hydrogen) atoms. The van der Waals surface area contributed by atoms with Crippen molar-refractivity contribution in [3.8, 4) is 28.9 Å². The molecular formula is C44H51N5O10. The summed E-state index contributed by atoms with van der Waals surface area (Å²) in [7, 11) is 4.73. The van der Waals surface area contributed by atoms with Crippen LogP contribution < -0.4 is 34.5 Å². The Morgan fingerprint density at radius 1 is 0.780 bits per heavy atom. The van der Waals surface area contributed by atoms with E-state index in [4.69, 9.17) is 42.9 Å². The number of rotatable bonds is 21. The molecule has 15 heteroatoms. The molecule has 5 aromatic rings. The van der Waals surface area contributed by atoms with Gasteiger partial charge in [-0.15, -0.1) is 0 Å². The number of carbonyl (C=O) groups excluding carboxylic acids is 2. The topological polar surface area (TPSA) is 161 Å². The van der Waals surface area contributed by atoms with Crippen molar-refractivity contribution in [1.29, 1.82) is 0 Å². The average molecular weight is 810 g/mol. The summed E-state index contributed by atoms with van der Waals surface area (Å²) < 4.78 is 45.0. The Hall–Kier alpha value is -6.00. The second-order valence-electron chi connectivity index (χ2n) is 13.4. The van der Waals surface area contributed by atoms with Crippen LogP contribution in [0, 0.1) is 0 Å². The van der Waals surface area contributed by atoms with Crippen molar-refractivity contribution < 1.29 is 47.5 Å². The standard InChI is InChI=1S/C44H51N5O10/c1-5-39(50)36-27-31(49-14-16-55-17-15-49)28-38(43(36)54-4)47-44(51)46-37-10-11-40(35-9-7-6-8-34(35)37)59-42-12-13-45-41(48-42)26-30-24-32(53-3)29-33(25-30)58-23-22-57-21-20-56-19-18-52-2/h6-13,24-25,27-29H,5,14-23,26H2,1-4H3,(H2,46,47,51). The van der Waals surface area contributed by atoms with Crippen LogP contribution in [0.3, 0.4) is 0 Å². The molecule has 2 heterocycles. The van der Waals surface area contributed by atoms with E-state index in [-0.39, 0.29) is 12.2 Å². The molecule has 0 bridgehead atoms. The summed E-state index contributed by atoms with van der Waals surface area (Å²) in [4.78, 5) is 37.9. The van der Waals surface area contributed by atoms with Crippen molar-refractivity contribution >= 4 is 39.6 Å². The van der Waals surface area contributed by atoms with Gasteiger partial charge < -0.3 is 53.4 Å². The fraction of sp³-hybridized carbons (Fsp3) is 0.364. The van der Waals surface area contributed by atoms with Crippen LogP contribution in [0.25, 0.3) is 10.8 Å². The Kier molecular flexibility index (Phi) is 15.6. The van der Waals surface area contributed by atoms with Gasteiger partial charge in [-0.05, 0) is 42.0 Å². The monoisotopic (exact) mass is 809 g/mol. The number of ether oxygens (including phenoxy) is 8. The average Bonchev–Trinajstić information content (AvgIpc) is 3.26. The maximum Gasteiger partial charge on any atom is 0.323 e. The maximum absolute atomic E-state index is 13.6. The summed E-state index contributed by atoms with van der Waals surface area (Å²) in [6.45, 7) is 7.06. The van der Waals surface area contributed by atoms with Crippen molar-refractivity contribution in [2.24, 2.45) is 0 Å². The molecule has 2 N–H and O–H groups in total. The number of benzene rings is 4. The fourth-order valence-electron chi connectivity index (χ4n) is 6.51. The van der Waals surface area contributed by atoms with Crippen LogP contribution in [0.2, 0.25) is 0 Å². The van der Waals surface area contributed by atoms with Gasteiger partial charge in [-0.25, -0.2) is 9.78 Å². The first-order chi connectivity index (χ1) is 28.9. The highest BCUT2D eigenvalue weighted by Crippen LogP contribution is 2.37. The minimum Gasteiger partial charge on any atom is -0.497 e. The summed E-state index contributed by atoms with van der Waals surface area (Å²) in [6.07, 6.45) is 2.33. The SMILES string of the molecule is CCC(=O)c1cc(N2CCOCC2)cc(NC(=O)Nc2ccc(Oc3ccnc(Cc4cc(OC)cc(OCCOCCOCCOC)c4)n3)c3ccccc23)c1OC. The van der Waals surface area contributed by atoms with E-state index in [0.717, 1.165) is 22.0 Å². The Morgan fingerprint density at radius 3 is 2.25 bits per heavy atom. The molecule has 0 aliphatic carbocycles. The Balaban J connectivity index is 1.13. The zero-order chi connectivity index (χ0) is 41.4. The number of morpholine rings is 1. The molecule has 0 saturated carbocycles. The highest BCUT2D eigenvalue weighted by Gasteiger charge is 2.22. The van der Waals surface area contributed by atoms with Gasteiger partial charge in [-0.1, -0.05) is 31.2 Å². The number of anilines is 3. The predicted octanol–water partition coefficient (Wildman–Crippen LogP) is 7.16. The molecule has 0 radical (unpaired) electrons. The molecule has 2 amide bonds. The molecule has 1 aliphatic rings. The molecule has 0 atom stereocenters. The summed E-state index contributed by atoms with van der Waals surface area (Å²) in [5.41, 5.74) is 3.04. The van der Waals surface area contributed by atoms with Crippen LogP contribution in [-0.4, -0.2) is 109 Å². The second-order valence-corrected chi connectivity index (χ2v) is 13.4. The van der Waals surface area contributed by atoms with Gasteiger partial charge >= 0.3 is 6.03 Å². The lowest BCUT2D eigenvalue weighted by Gasteiger charge is -2.30. The molecule has 0 spiro atoms. The van der Waals surface area contributed by atoms with Crippen LogP contribution in [0.1, 0.15) is 35.1 Å². The van der Waals surface area contributed by atoms with Gasteiger partial charge in [0.1, 0.15) is 29.7 Å². The fourth-order valence-corrected chi connectivity index (χ4v) is 6.51. The second kappa shape index (κ2) is 21.7. The Morgan fingerprint density at radius 2 is 1.51 bits per heavy atom. The van der Waals surface area contributed by atoms with Crippen LogP contribution in [-0.2, 0) is 25.4 Å². The highest BCUT2D eigenvalue weighted by molar-refractivity contribution is 6.09. The van der Waals surface area contributed by atoms with Gasteiger partial charge in [-0.2, -0.15) is 4.98 Å². The molecule has 4 aromatic carbocycles. The van der Waals surface area contributed by atoms with Crippen molar-refractivity contribution in [2.75, 3.05) is 103 Å². The quantitative estimate of drug-likeness (QED) is 0.0568. The van der Waals surface area contributed by atoms with Gasteiger partial charge in [-0.3, -0.25) is 4.79 Å². The van der Waals surface area contributed by atoms with E-state index in [9.17, 15) is 9.59 Å². The van der Waals surface area contributed by atoms with Crippen LogP contribution >= 0.6 is 0 Å². The number of urea groups is 1. The highest BCUT2D eigenvalue weighted by atomic mass is 16.6. The van der Waals surface area contributed by atoms with Crippen LogP contribution in [0.4, 0.5) is 21.9 Å². The number of fused-ring (bicyclic) bond motifs is 1. The lowest BCUT2D eigenvalue weighted by Crippen LogP contribution is -2.36. The van der Waals surface area contributed by atoms with Crippen LogP contribution in [0.5, 0.6) is 28.9 Å². The number of hydrogen-bond acceptors (Lipinski definition) is 13. The summed E-state index contributed by atoms with van der Waals surface area (Å²) >= 11 is 0. The van der Waals surface area contributed by atoms with Gasteiger partial charge in [0, 0.05) is 67.8 Å². The number of hydrogen-bond donors (Lipinski definition) is 2. The number of carbonyl (C=O) groups is 2. The number of Topliss-reactive ketones (excluding diaryl/α,β-unsaturated/α-hetero) is 1. The van der Waals surface area contributed by atoms with E-state index in [1.54, 1.807) is 45.5 Å². The smallest absolute Gasteiger partial charge is 0.323 e. The molecule has 0 unspecified atom stereocenters. The molecule has 15 nitrogen and oxygen atoms in total. The Labute approximate surface area is 343 Å². The third kappa shape index (κ3) is 11.8.